The molecule has 6 rings (SSSR count). The Bertz CT molecular complexity index is 1300. The molecule has 32 heavy (non-hydrogen) atoms. The molecule has 1 saturated heterocycles. The number of hydrogen-bond donors (Lipinski definition) is 2. The summed E-state index contributed by atoms with van der Waals surface area (Å²) in [6, 6.07) is 5.65. The monoisotopic (exact) mass is 428 g/mol. The van der Waals surface area contributed by atoms with Gasteiger partial charge in [0.1, 0.15) is 5.52 Å². The quantitative estimate of drug-likeness (QED) is 0.504. The Balaban J connectivity index is 1.03. The fraction of sp³-hybridized carbons (Fsp3) is 0.333. The molecule has 1 aliphatic heterocycles. The van der Waals surface area contributed by atoms with Gasteiger partial charge in [-0.3, -0.25) is 9.78 Å². The second-order valence-electron chi connectivity index (χ2n) is 8.93. The zero-order chi connectivity index (χ0) is 21.7. The summed E-state index contributed by atoms with van der Waals surface area (Å²) >= 11 is 0. The molecule has 0 radical (unpaired) electrons. The average Bonchev–Trinajstić information content (AvgIpc) is 3.18. The third kappa shape index (κ3) is 3.23. The number of amides is 1. The van der Waals surface area contributed by atoms with Gasteiger partial charge in [-0.05, 0) is 48.8 Å². The van der Waals surface area contributed by atoms with Gasteiger partial charge in [-0.2, -0.15) is 0 Å². The summed E-state index contributed by atoms with van der Waals surface area (Å²) in [5, 5.41) is 3.96. The molecule has 1 atom stereocenters. The first-order valence-corrected chi connectivity index (χ1v) is 11.0. The van der Waals surface area contributed by atoms with Gasteiger partial charge in [-0.25, -0.2) is 9.97 Å². The predicted molar refractivity (Wildman–Crippen MR) is 121 cm³/mol. The summed E-state index contributed by atoms with van der Waals surface area (Å²) in [7, 11) is 0. The number of piperidine rings is 1. The molecular weight excluding hydrogens is 404 g/mol. The lowest BCUT2D eigenvalue weighted by molar-refractivity contribution is 0.0923. The van der Waals surface area contributed by atoms with Crippen LogP contribution in [-0.4, -0.2) is 50.4 Å². The molecule has 4 aromatic rings. The maximum absolute atomic E-state index is 12.5. The Morgan fingerprint density at radius 1 is 1.28 bits per heavy atom. The molecule has 0 aromatic carbocycles. The zero-order valence-corrected chi connectivity index (χ0v) is 17.7. The number of pyridine rings is 2. The van der Waals surface area contributed by atoms with E-state index in [-0.39, 0.29) is 5.91 Å². The maximum Gasteiger partial charge on any atom is 0.287 e. The van der Waals surface area contributed by atoms with Gasteiger partial charge in [0.15, 0.2) is 17.0 Å². The summed E-state index contributed by atoms with van der Waals surface area (Å²) < 4.78 is 5.62. The van der Waals surface area contributed by atoms with Crippen molar-refractivity contribution in [3.05, 3.63) is 61.0 Å². The molecule has 1 unspecified atom stereocenters. The van der Waals surface area contributed by atoms with E-state index < -0.39 is 0 Å². The Morgan fingerprint density at radius 2 is 2.16 bits per heavy atom. The summed E-state index contributed by atoms with van der Waals surface area (Å²) in [6.45, 7) is 6.94. The number of aromatic nitrogens is 4. The number of likely N-dealkylation sites (tertiary alicyclic amines) is 1. The van der Waals surface area contributed by atoms with Crippen LogP contribution in [0.15, 0.2) is 54.1 Å². The molecule has 2 fully saturated rings. The third-order valence-electron chi connectivity index (χ3n) is 7.16. The Hall–Kier alpha value is -3.68. The van der Waals surface area contributed by atoms with Gasteiger partial charge in [-0.1, -0.05) is 6.58 Å². The highest BCUT2D eigenvalue weighted by Gasteiger charge is 2.54. The van der Waals surface area contributed by atoms with Gasteiger partial charge < -0.3 is 19.6 Å². The summed E-state index contributed by atoms with van der Waals surface area (Å²) in [4.78, 5) is 30.7. The number of H-pyrrole nitrogens is 1. The maximum atomic E-state index is 12.5. The van der Waals surface area contributed by atoms with Crippen molar-refractivity contribution in [2.24, 2.45) is 11.3 Å². The van der Waals surface area contributed by atoms with Crippen LogP contribution in [0.5, 0.6) is 0 Å². The van der Waals surface area contributed by atoms with Crippen molar-refractivity contribution in [1.82, 2.24) is 30.2 Å². The van der Waals surface area contributed by atoms with Gasteiger partial charge >= 0.3 is 0 Å². The van der Waals surface area contributed by atoms with E-state index in [2.05, 4.69) is 36.7 Å². The van der Waals surface area contributed by atoms with Crippen molar-refractivity contribution in [2.45, 2.75) is 19.3 Å². The number of carbonyl (C=O) groups is 1. The number of nitrogens with zero attached hydrogens (tertiary/aromatic N) is 4. The molecule has 0 bridgehead atoms. The lowest BCUT2D eigenvalue weighted by atomic mass is 9.90. The molecule has 162 valence electrons. The molecule has 8 heteroatoms. The van der Waals surface area contributed by atoms with E-state index in [1.807, 2.05) is 18.3 Å². The molecule has 1 aliphatic carbocycles. The largest absolute Gasteiger partial charge is 0.449 e. The minimum absolute atomic E-state index is 0.157. The molecule has 2 aliphatic rings. The van der Waals surface area contributed by atoms with Crippen molar-refractivity contribution >= 4 is 33.7 Å². The van der Waals surface area contributed by atoms with Crippen LogP contribution >= 0.6 is 0 Å². The van der Waals surface area contributed by atoms with Crippen LogP contribution in [0, 0.1) is 11.3 Å². The minimum atomic E-state index is -0.157. The van der Waals surface area contributed by atoms with Crippen molar-refractivity contribution in [1.29, 1.82) is 0 Å². The summed E-state index contributed by atoms with van der Waals surface area (Å²) in [5.74, 6) is 0.710. The van der Waals surface area contributed by atoms with E-state index in [0.29, 0.717) is 29.2 Å². The number of rotatable bonds is 5. The first kappa shape index (κ1) is 19.0. The second kappa shape index (κ2) is 7.19. The smallest absolute Gasteiger partial charge is 0.287 e. The fourth-order valence-corrected chi connectivity index (χ4v) is 5.02. The van der Waals surface area contributed by atoms with E-state index in [1.165, 1.54) is 6.42 Å². The molecule has 5 heterocycles. The summed E-state index contributed by atoms with van der Waals surface area (Å²) in [6.07, 6.45) is 10.2. The molecule has 1 amide bonds. The number of furan rings is 1. The fourth-order valence-electron chi connectivity index (χ4n) is 5.02. The van der Waals surface area contributed by atoms with Gasteiger partial charge in [0.2, 0.25) is 0 Å². The standard InChI is InChI=1S/C24H24N6O2/c1-15(17-8-19-22(26-11-17)29-14-28-19)30-6-3-24(4-7-30)10-18(24)12-27-23(31)20-9-16-2-5-25-13-21(16)32-20/h2,5,8-9,11,13-14,18H,1,3-4,6-7,10,12H2,(H,27,31)(H,26,28,29). The first-order valence-electron chi connectivity index (χ1n) is 11.0. The number of imidazole rings is 1. The first-order chi connectivity index (χ1) is 15.6. The average molecular weight is 428 g/mol. The Labute approximate surface area is 184 Å². The van der Waals surface area contributed by atoms with Crippen molar-refractivity contribution < 1.29 is 9.21 Å². The van der Waals surface area contributed by atoms with Gasteiger partial charge in [0.25, 0.3) is 5.91 Å². The van der Waals surface area contributed by atoms with Gasteiger partial charge in [-0.15, -0.1) is 0 Å². The van der Waals surface area contributed by atoms with E-state index in [1.54, 1.807) is 24.8 Å². The van der Waals surface area contributed by atoms with Crippen molar-refractivity contribution in [3.8, 4) is 0 Å². The number of nitrogens with one attached hydrogen (secondary N) is 2. The van der Waals surface area contributed by atoms with Crippen LogP contribution in [0.1, 0.15) is 35.4 Å². The van der Waals surface area contributed by atoms with E-state index >= 15 is 0 Å². The molecular formula is C24H24N6O2. The van der Waals surface area contributed by atoms with Crippen LogP contribution < -0.4 is 5.32 Å². The van der Waals surface area contributed by atoms with E-state index in [0.717, 1.165) is 53.7 Å². The normalized spacial score (nSPS) is 19.5. The molecule has 1 saturated carbocycles. The molecule has 1 spiro atoms. The number of hydrogen-bond acceptors (Lipinski definition) is 6. The predicted octanol–water partition coefficient (Wildman–Crippen LogP) is 3.60. The molecule has 8 nitrogen and oxygen atoms in total. The van der Waals surface area contributed by atoms with Gasteiger partial charge in [0.05, 0.1) is 12.5 Å². The SMILES string of the molecule is C=C(c1cnc2[nH]cnc2c1)N1CCC2(CC1)CC2CNC(=O)c1cc2ccncc2o1. The van der Waals surface area contributed by atoms with Crippen LogP contribution in [-0.2, 0) is 0 Å². The van der Waals surface area contributed by atoms with E-state index in [4.69, 9.17) is 4.42 Å². The third-order valence-corrected chi connectivity index (χ3v) is 7.16. The zero-order valence-electron chi connectivity index (χ0n) is 17.7. The number of fused-ring (bicyclic) bond motifs is 2. The lowest BCUT2D eigenvalue weighted by Crippen LogP contribution is -2.35. The number of aromatic amines is 1. The highest BCUT2D eigenvalue weighted by Crippen LogP contribution is 2.59. The van der Waals surface area contributed by atoms with Crippen LogP contribution in [0.2, 0.25) is 0 Å². The number of carbonyl (C=O) groups excluding carboxylic acids is 1. The van der Waals surface area contributed by atoms with Crippen molar-refractivity contribution in [3.63, 3.8) is 0 Å². The second-order valence-corrected chi connectivity index (χ2v) is 8.93. The lowest BCUT2D eigenvalue weighted by Gasteiger charge is -2.35. The van der Waals surface area contributed by atoms with E-state index in [9.17, 15) is 4.79 Å². The topological polar surface area (TPSA) is 99.9 Å². The molecule has 2 N–H and O–H groups in total. The van der Waals surface area contributed by atoms with Crippen molar-refractivity contribution in [2.75, 3.05) is 19.6 Å². The van der Waals surface area contributed by atoms with Crippen LogP contribution in [0.3, 0.4) is 0 Å². The van der Waals surface area contributed by atoms with Gasteiger partial charge in [0, 0.05) is 48.7 Å². The minimum Gasteiger partial charge on any atom is -0.449 e. The highest BCUT2D eigenvalue weighted by atomic mass is 16.3. The Kier molecular flexibility index (Phi) is 4.28. The van der Waals surface area contributed by atoms with Crippen LogP contribution in [0.4, 0.5) is 0 Å². The molecule has 4 aromatic heterocycles. The highest BCUT2D eigenvalue weighted by molar-refractivity contribution is 5.95. The van der Waals surface area contributed by atoms with Crippen LogP contribution in [0.25, 0.3) is 27.8 Å². The Morgan fingerprint density at radius 3 is 3.00 bits per heavy atom. The summed E-state index contributed by atoms with van der Waals surface area (Å²) in [5.41, 5.74) is 4.64.